The number of nitrogens with two attached hydrogens (primary N) is 1. The molecule has 6 heteroatoms. The molecular weight excluding hydrogens is 372 g/mol. The molecule has 1 aliphatic carbocycles. The van der Waals surface area contributed by atoms with Crippen molar-refractivity contribution in [3.63, 3.8) is 0 Å². The number of H-pyrrole nitrogens is 2. The Morgan fingerprint density at radius 1 is 1.13 bits per heavy atom. The maximum Gasteiger partial charge on any atom is 0.153 e. The van der Waals surface area contributed by atoms with Crippen LogP contribution >= 0.6 is 0 Å². The molecule has 0 saturated heterocycles. The Hall–Kier alpha value is -3.80. The van der Waals surface area contributed by atoms with Gasteiger partial charge in [0.25, 0.3) is 0 Å². The van der Waals surface area contributed by atoms with Gasteiger partial charge in [-0.1, -0.05) is 43.3 Å². The van der Waals surface area contributed by atoms with Crippen molar-refractivity contribution in [1.82, 2.24) is 20.4 Å². The van der Waals surface area contributed by atoms with Crippen LogP contribution in [0.15, 0.2) is 60.8 Å². The summed E-state index contributed by atoms with van der Waals surface area (Å²) in [6.45, 7) is 4.32. The maximum atomic E-state index is 6.38. The molecule has 6 nitrogen and oxygen atoms in total. The van der Waals surface area contributed by atoms with E-state index in [1.165, 1.54) is 5.56 Å². The molecule has 5 N–H and O–H groups in total. The molecule has 30 heavy (non-hydrogen) atoms. The highest BCUT2D eigenvalue weighted by atomic mass is 15.2. The predicted octanol–water partition coefficient (Wildman–Crippen LogP) is 3.19. The molecule has 4 aromatic rings. The molecule has 2 aromatic heterocycles. The number of hydrogen-bond acceptors (Lipinski definition) is 4. The van der Waals surface area contributed by atoms with E-state index in [2.05, 4.69) is 76.0 Å². The van der Waals surface area contributed by atoms with E-state index in [0.29, 0.717) is 5.82 Å². The maximum absolute atomic E-state index is 6.38. The fraction of sp³-hybridized carbons (Fsp3) is 0.167. The monoisotopic (exact) mass is 396 g/mol. The summed E-state index contributed by atoms with van der Waals surface area (Å²) in [5, 5.41) is 21.3. The Labute approximate surface area is 174 Å². The zero-order valence-electron chi connectivity index (χ0n) is 17.0. The lowest BCUT2D eigenvalue weighted by molar-refractivity contribution is 0.751. The van der Waals surface area contributed by atoms with Gasteiger partial charge in [-0.25, -0.2) is 0 Å². The first-order chi connectivity index (χ1) is 14.6. The van der Waals surface area contributed by atoms with E-state index in [-0.39, 0.29) is 5.92 Å². The van der Waals surface area contributed by atoms with Crippen LogP contribution in [-0.4, -0.2) is 20.4 Å². The first-order valence-corrected chi connectivity index (χ1v) is 10.1. The molecular formula is C24H24N6. The van der Waals surface area contributed by atoms with E-state index >= 15 is 0 Å². The molecule has 5 rings (SSSR count). The molecule has 0 bridgehead atoms. The second kappa shape index (κ2) is 7.22. The van der Waals surface area contributed by atoms with E-state index < -0.39 is 0 Å². The van der Waals surface area contributed by atoms with Gasteiger partial charge in [0.1, 0.15) is 0 Å². The van der Waals surface area contributed by atoms with Crippen molar-refractivity contribution in [3.05, 3.63) is 82.5 Å². The smallest absolute Gasteiger partial charge is 0.153 e. The Balaban J connectivity index is 1.80. The average molecular weight is 396 g/mol. The normalized spacial score (nSPS) is 21.1. The van der Waals surface area contributed by atoms with Gasteiger partial charge in [0.2, 0.25) is 0 Å². The first kappa shape index (κ1) is 18.2. The Morgan fingerprint density at radius 2 is 2.00 bits per heavy atom. The summed E-state index contributed by atoms with van der Waals surface area (Å²) in [7, 11) is 0. The third kappa shape index (κ3) is 3.06. The fourth-order valence-electron chi connectivity index (χ4n) is 4.06. The zero-order chi connectivity index (χ0) is 20.7. The van der Waals surface area contributed by atoms with Crippen LogP contribution in [0.5, 0.6) is 0 Å². The number of aromatic amines is 2. The van der Waals surface area contributed by atoms with Crippen LogP contribution in [-0.2, 0) is 0 Å². The number of nitrogen functional groups attached to an aromatic ring is 1. The molecule has 0 saturated carbocycles. The highest BCUT2D eigenvalue weighted by molar-refractivity contribution is 5.86. The molecule has 2 aromatic carbocycles. The molecule has 0 aliphatic heterocycles. The topological polar surface area (TPSA) is 95.4 Å². The van der Waals surface area contributed by atoms with Crippen LogP contribution < -0.4 is 21.6 Å². The third-order valence-electron chi connectivity index (χ3n) is 5.77. The number of allylic oxidation sites excluding steroid dienone is 2. The molecule has 150 valence electrons. The molecule has 0 fully saturated rings. The number of anilines is 2. The molecule has 0 radical (unpaired) electrons. The second-order valence-electron chi connectivity index (χ2n) is 7.84. The highest BCUT2D eigenvalue weighted by Gasteiger charge is 2.17. The zero-order valence-corrected chi connectivity index (χ0v) is 17.0. The predicted molar refractivity (Wildman–Crippen MR) is 122 cm³/mol. The van der Waals surface area contributed by atoms with E-state index in [1.54, 1.807) is 0 Å². The minimum absolute atomic E-state index is 0.275. The third-order valence-corrected chi connectivity index (χ3v) is 5.77. The van der Waals surface area contributed by atoms with Crippen LogP contribution in [0.3, 0.4) is 0 Å². The number of benzene rings is 2. The summed E-state index contributed by atoms with van der Waals surface area (Å²) in [4.78, 5) is 0. The fourth-order valence-corrected chi connectivity index (χ4v) is 4.06. The number of fused-ring (bicyclic) bond motifs is 2. The molecule has 1 atom stereocenters. The van der Waals surface area contributed by atoms with E-state index in [4.69, 9.17) is 5.73 Å². The number of nitrogens with zero attached hydrogens (tertiary/aromatic N) is 2. The van der Waals surface area contributed by atoms with Crippen LogP contribution in [0.25, 0.3) is 22.2 Å². The summed E-state index contributed by atoms with van der Waals surface area (Å²) in [6, 6.07) is 14.6. The van der Waals surface area contributed by atoms with Gasteiger partial charge in [0.05, 0.1) is 22.3 Å². The van der Waals surface area contributed by atoms with Crippen LogP contribution in [0.1, 0.15) is 24.5 Å². The molecule has 2 heterocycles. The van der Waals surface area contributed by atoms with Crippen molar-refractivity contribution in [3.8, 4) is 0 Å². The van der Waals surface area contributed by atoms with Crippen LogP contribution in [0, 0.1) is 12.8 Å². The molecule has 0 spiro atoms. The summed E-state index contributed by atoms with van der Waals surface area (Å²) in [5.41, 5.74) is 12.9. The minimum Gasteiger partial charge on any atom is -0.382 e. The van der Waals surface area contributed by atoms with Crippen LogP contribution in [0.4, 0.5) is 11.5 Å². The summed E-state index contributed by atoms with van der Waals surface area (Å²) < 4.78 is 0. The SMILES string of the molecule is Cc1ccccc1N\C1=c2/[nH]nc(N)/c2=C(c2ccc3[nH]ncc3c2)/C=C/C[C@H]1C. The van der Waals surface area contributed by atoms with Crippen LogP contribution in [0.2, 0.25) is 0 Å². The molecule has 0 amide bonds. The average Bonchev–Trinajstić information content (AvgIpc) is 3.35. The summed E-state index contributed by atoms with van der Waals surface area (Å²) >= 11 is 0. The lowest BCUT2D eigenvalue weighted by atomic mass is 9.95. The van der Waals surface area contributed by atoms with Gasteiger partial charge in [-0.3, -0.25) is 10.2 Å². The lowest BCUT2D eigenvalue weighted by Gasteiger charge is -2.19. The Morgan fingerprint density at radius 3 is 2.87 bits per heavy atom. The quantitative estimate of drug-likeness (QED) is 0.428. The van der Waals surface area contributed by atoms with E-state index in [0.717, 1.165) is 50.4 Å². The van der Waals surface area contributed by atoms with Gasteiger partial charge in [0, 0.05) is 22.7 Å². The Bertz CT molecular complexity index is 1390. The van der Waals surface area contributed by atoms with E-state index in [1.807, 2.05) is 24.4 Å². The first-order valence-electron chi connectivity index (χ1n) is 10.1. The number of aryl methyl sites for hydroxylation is 1. The van der Waals surface area contributed by atoms with Gasteiger partial charge < -0.3 is 11.1 Å². The van der Waals surface area contributed by atoms with Gasteiger partial charge >= 0.3 is 0 Å². The highest BCUT2D eigenvalue weighted by Crippen LogP contribution is 2.25. The summed E-state index contributed by atoms with van der Waals surface area (Å²) in [5.74, 6) is 0.771. The second-order valence-corrected chi connectivity index (χ2v) is 7.84. The molecule has 1 aliphatic rings. The van der Waals surface area contributed by atoms with Crippen molar-refractivity contribution in [2.24, 2.45) is 5.92 Å². The van der Waals surface area contributed by atoms with Crippen molar-refractivity contribution in [2.75, 3.05) is 11.1 Å². The number of nitrogens with one attached hydrogen (secondary N) is 3. The Kier molecular flexibility index (Phi) is 4.39. The number of para-hydroxylation sites is 1. The van der Waals surface area contributed by atoms with Crippen molar-refractivity contribution in [1.29, 1.82) is 0 Å². The van der Waals surface area contributed by atoms with Gasteiger partial charge in [-0.15, -0.1) is 0 Å². The van der Waals surface area contributed by atoms with Crippen molar-refractivity contribution >= 4 is 33.7 Å². The van der Waals surface area contributed by atoms with Gasteiger partial charge in [0.15, 0.2) is 5.82 Å². The van der Waals surface area contributed by atoms with E-state index in [9.17, 15) is 0 Å². The van der Waals surface area contributed by atoms with Gasteiger partial charge in [-0.05, 0) is 48.2 Å². The lowest BCUT2D eigenvalue weighted by Crippen LogP contribution is -2.34. The number of hydrogen-bond donors (Lipinski definition) is 4. The summed E-state index contributed by atoms with van der Waals surface area (Å²) in [6.07, 6.45) is 7.12. The minimum atomic E-state index is 0.275. The number of rotatable bonds is 3. The standard InChI is InChI=1S/C24H24N6/c1-14-6-3-4-9-19(14)27-22-15(2)7-5-8-18(21-23(22)29-30-24(21)25)16-10-11-20-17(12-16)13-26-28-20/h3-6,8-13,15,27,29H,7H2,1-2H3,(H2,25,30)(H,26,28)/b8-5+,21-18-,23-22-/t15-/m1/s1. The number of aromatic nitrogens is 4. The largest absolute Gasteiger partial charge is 0.382 e. The van der Waals surface area contributed by atoms with Crippen molar-refractivity contribution < 1.29 is 0 Å². The van der Waals surface area contributed by atoms with Crippen molar-refractivity contribution in [2.45, 2.75) is 20.3 Å². The molecule has 0 unspecified atom stereocenters. The van der Waals surface area contributed by atoms with Gasteiger partial charge in [-0.2, -0.15) is 10.2 Å².